The summed E-state index contributed by atoms with van der Waals surface area (Å²) < 4.78 is 0. The molecule has 2 aromatic carbocycles. The van der Waals surface area contributed by atoms with E-state index in [0.717, 1.165) is 18.4 Å². The van der Waals surface area contributed by atoms with Gasteiger partial charge in [0.25, 0.3) is 0 Å². The molecule has 0 saturated heterocycles. The molecule has 0 atom stereocenters. The van der Waals surface area contributed by atoms with Gasteiger partial charge in [-0.15, -0.1) is 0 Å². The number of carbonyl (C=O) groups excluding carboxylic acids is 2. The number of carbonyl (C=O) groups is 2. The lowest BCUT2D eigenvalue weighted by Gasteiger charge is -2.06. The summed E-state index contributed by atoms with van der Waals surface area (Å²) in [5.41, 5.74) is 8.53. The Morgan fingerprint density at radius 2 is 1.92 bits per heavy atom. The van der Waals surface area contributed by atoms with Crippen molar-refractivity contribution in [2.24, 2.45) is 5.73 Å². The number of benzene rings is 2. The van der Waals surface area contributed by atoms with Crippen LogP contribution in [0.3, 0.4) is 0 Å². The van der Waals surface area contributed by atoms with Crippen LogP contribution in [-0.4, -0.2) is 16.8 Å². The third kappa shape index (κ3) is 3.63. The number of rotatable bonds is 6. The van der Waals surface area contributed by atoms with Gasteiger partial charge in [-0.2, -0.15) is 0 Å². The van der Waals surface area contributed by atoms with Gasteiger partial charge in [-0.05, 0) is 42.7 Å². The number of hydrogen-bond donors (Lipinski definition) is 3. The summed E-state index contributed by atoms with van der Waals surface area (Å²) in [5, 5.41) is 4.00. The highest BCUT2D eigenvalue weighted by Gasteiger charge is 2.07. The molecule has 3 rings (SSSR count). The molecule has 5 nitrogen and oxygen atoms in total. The number of aromatic amines is 1. The first-order chi connectivity index (χ1) is 11.6. The van der Waals surface area contributed by atoms with Gasteiger partial charge in [-0.25, -0.2) is 0 Å². The molecule has 0 spiro atoms. The van der Waals surface area contributed by atoms with Crippen molar-refractivity contribution >= 4 is 28.4 Å². The number of amides is 2. The first kappa shape index (κ1) is 15.8. The molecule has 0 bridgehead atoms. The third-order valence-electron chi connectivity index (χ3n) is 3.96. The van der Waals surface area contributed by atoms with E-state index in [1.807, 2.05) is 24.4 Å². The second-order valence-corrected chi connectivity index (χ2v) is 5.71. The lowest BCUT2D eigenvalue weighted by Crippen LogP contribution is -2.14. The number of anilines is 1. The van der Waals surface area contributed by atoms with Gasteiger partial charge < -0.3 is 16.0 Å². The van der Waals surface area contributed by atoms with Gasteiger partial charge in [-0.3, -0.25) is 9.59 Å². The second-order valence-electron chi connectivity index (χ2n) is 5.71. The van der Waals surface area contributed by atoms with Crippen LogP contribution in [0.2, 0.25) is 0 Å². The van der Waals surface area contributed by atoms with Crippen molar-refractivity contribution in [3.63, 3.8) is 0 Å². The highest BCUT2D eigenvalue weighted by molar-refractivity contribution is 5.96. The molecule has 0 saturated carbocycles. The number of aromatic nitrogens is 1. The molecule has 122 valence electrons. The fraction of sp³-hybridized carbons (Fsp3) is 0.158. The summed E-state index contributed by atoms with van der Waals surface area (Å²) in [4.78, 5) is 26.4. The maximum atomic E-state index is 12.1. The minimum absolute atomic E-state index is 0.0727. The number of H-pyrrole nitrogens is 1. The zero-order chi connectivity index (χ0) is 16.9. The van der Waals surface area contributed by atoms with Crippen LogP contribution in [0.15, 0.2) is 54.7 Å². The minimum Gasteiger partial charge on any atom is -0.366 e. The number of aryl methyl sites for hydroxylation is 1. The molecule has 0 aliphatic carbocycles. The summed E-state index contributed by atoms with van der Waals surface area (Å²) >= 11 is 0. The van der Waals surface area contributed by atoms with Crippen molar-refractivity contribution in [1.82, 2.24) is 4.98 Å². The number of primary amides is 1. The number of nitrogens with two attached hydrogens (primary N) is 1. The standard InChI is InChI=1S/C19H19N3O2/c20-19(24)13-5-3-7-15(11-13)22-18(23)10-4-6-14-12-21-17-9-2-1-8-16(14)17/h1-3,5,7-9,11-12,21H,4,6,10H2,(H2,20,24)(H,22,23). The van der Waals surface area contributed by atoms with Crippen molar-refractivity contribution in [3.05, 3.63) is 65.9 Å². The Kier molecular flexibility index (Phi) is 4.61. The van der Waals surface area contributed by atoms with E-state index in [1.54, 1.807) is 24.3 Å². The van der Waals surface area contributed by atoms with E-state index in [0.29, 0.717) is 17.7 Å². The van der Waals surface area contributed by atoms with Crippen LogP contribution >= 0.6 is 0 Å². The number of fused-ring (bicyclic) bond motifs is 1. The molecule has 4 N–H and O–H groups in total. The van der Waals surface area contributed by atoms with E-state index in [2.05, 4.69) is 16.4 Å². The summed E-state index contributed by atoms with van der Waals surface area (Å²) in [6.45, 7) is 0. The fourth-order valence-electron chi connectivity index (χ4n) is 2.75. The van der Waals surface area contributed by atoms with Gasteiger partial charge in [0.05, 0.1) is 0 Å². The Morgan fingerprint density at radius 3 is 2.75 bits per heavy atom. The molecular formula is C19H19N3O2. The molecule has 1 heterocycles. The smallest absolute Gasteiger partial charge is 0.248 e. The average molecular weight is 321 g/mol. The van der Waals surface area contributed by atoms with Crippen LogP contribution in [0.25, 0.3) is 10.9 Å². The van der Waals surface area contributed by atoms with E-state index in [9.17, 15) is 9.59 Å². The zero-order valence-electron chi connectivity index (χ0n) is 13.2. The SMILES string of the molecule is NC(=O)c1cccc(NC(=O)CCCc2c[nH]c3ccccc23)c1. The predicted molar refractivity (Wildman–Crippen MR) is 94.8 cm³/mol. The first-order valence-corrected chi connectivity index (χ1v) is 7.88. The van der Waals surface area contributed by atoms with Gasteiger partial charge in [-0.1, -0.05) is 24.3 Å². The van der Waals surface area contributed by atoms with E-state index in [1.165, 1.54) is 10.9 Å². The van der Waals surface area contributed by atoms with Crippen LogP contribution in [0, 0.1) is 0 Å². The second kappa shape index (κ2) is 7.00. The molecule has 3 aromatic rings. The van der Waals surface area contributed by atoms with Crippen LogP contribution in [-0.2, 0) is 11.2 Å². The summed E-state index contributed by atoms with van der Waals surface area (Å²) in [5.74, 6) is -0.582. The predicted octanol–water partition coefficient (Wildman–Crippen LogP) is 3.23. The number of hydrogen-bond acceptors (Lipinski definition) is 2. The summed E-state index contributed by atoms with van der Waals surface area (Å²) in [7, 11) is 0. The molecule has 1 aromatic heterocycles. The summed E-state index contributed by atoms with van der Waals surface area (Å²) in [6.07, 6.45) is 4.00. The van der Waals surface area contributed by atoms with E-state index < -0.39 is 5.91 Å². The Balaban J connectivity index is 1.54. The molecule has 0 fully saturated rings. The lowest BCUT2D eigenvalue weighted by atomic mass is 10.1. The van der Waals surface area contributed by atoms with E-state index in [-0.39, 0.29) is 5.91 Å². The van der Waals surface area contributed by atoms with Crippen LogP contribution in [0.5, 0.6) is 0 Å². The molecule has 0 unspecified atom stereocenters. The minimum atomic E-state index is -0.509. The molecule has 24 heavy (non-hydrogen) atoms. The number of para-hydroxylation sites is 1. The fourth-order valence-corrected chi connectivity index (χ4v) is 2.75. The van der Waals surface area contributed by atoms with Crippen LogP contribution in [0.4, 0.5) is 5.69 Å². The maximum Gasteiger partial charge on any atom is 0.248 e. The normalized spacial score (nSPS) is 10.7. The maximum absolute atomic E-state index is 12.1. The third-order valence-corrected chi connectivity index (χ3v) is 3.96. The molecule has 0 aliphatic rings. The highest BCUT2D eigenvalue weighted by atomic mass is 16.2. The van der Waals surface area contributed by atoms with Gasteiger partial charge in [0.15, 0.2) is 0 Å². The van der Waals surface area contributed by atoms with Gasteiger partial charge in [0.2, 0.25) is 11.8 Å². The first-order valence-electron chi connectivity index (χ1n) is 7.88. The quantitative estimate of drug-likeness (QED) is 0.651. The Morgan fingerprint density at radius 1 is 1.08 bits per heavy atom. The monoisotopic (exact) mass is 321 g/mol. The number of nitrogens with one attached hydrogen (secondary N) is 2. The Bertz CT molecular complexity index is 883. The largest absolute Gasteiger partial charge is 0.366 e. The van der Waals surface area contributed by atoms with Gasteiger partial charge in [0.1, 0.15) is 0 Å². The highest BCUT2D eigenvalue weighted by Crippen LogP contribution is 2.19. The molecule has 0 aliphatic heterocycles. The Labute approximate surface area is 139 Å². The Hall–Kier alpha value is -3.08. The average Bonchev–Trinajstić information content (AvgIpc) is 2.98. The lowest BCUT2D eigenvalue weighted by molar-refractivity contribution is -0.116. The van der Waals surface area contributed by atoms with Gasteiger partial charge >= 0.3 is 0 Å². The van der Waals surface area contributed by atoms with Crippen molar-refractivity contribution in [1.29, 1.82) is 0 Å². The van der Waals surface area contributed by atoms with Crippen LogP contribution < -0.4 is 11.1 Å². The zero-order valence-corrected chi connectivity index (χ0v) is 13.2. The van der Waals surface area contributed by atoms with E-state index in [4.69, 9.17) is 5.73 Å². The van der Waals surface area contributed by atoms with Gasteiger partial charge in [0, 0.05) is 34.8 Å². The topological polar surface area (TPSA) is 88.0 Å². The van der Waals surface area contributed by atoms with E-state index >= 15 is 0 Å². The summed E-state index contributed by atoms with van der Waals surface area (Å²) in [6, 6.07) is 14.8. The van der Waals surface area contributed by atoms with Crippen molar-refractivity contribution in [3.8, 4) is 0 Å². The van der Waals surface area contributed by atoms with Crippen LogP contribution in [0.1, 0.15) is 28.8 Å². The molecule has 5 heteroatoms. The molecular weight excluding hydrogens is 302 g/mol. The molecule has 0 radical (unpaired) electrons. The van der Waals surface area contributed by atoms with Crippen molar-refractivity contribution < 1.29 is 9.59 Å². The van der Waals surface area contributed by atoms with Crippen molar-refractivity contribution in [2.45, 2.75) is 19.3 Å². The van der Waals surface area contributed by atoms with Crippen molar-refractivity contribution in [2.75, 3.05) is 5.32 Å². The molecule has 2 amide bonds.